The van der Waals surface area contributed by atoms with E-state index in [1.54, 1.807) is 37.1 Å². The van der Waals surface area contributed by atoms with Crippen molar-refractivity contribution in [1.29, 1.82) is 0 Å². The van der Waals surface area contributed by atoms with Crippen molar-refractivity contribution < 1.29 is 14.3 Å². The van der Waals surface area contributed by atoms with E-state index in [0.29, 0.717) is 23.5 Å². The minimum atomic E-state index is -0.475. The summed E-state index contributed by atoms with van der Waals surface area (Å²) in [5, 5.41) is 2.84. The lowest BCUT2D eigenvalue weighted by Gasteiger charge is -2.30. The van der Waals surface area contributed by atoms with Crippen LogP contribution < -0.4 is 15.0 Å². The number of ether oxygens (including phenoxy) is 1. The van der Waals surface area contributed by atoms with E-state index < -0.39 is 6.10 Å². The highest BCUT2D eigenvalue weighted by atomic mass is 16.5. The van der Waals surface area contributed by atoms with Crippen LogP contribution in [0.1, 0.15) is 33.1 Å². The van der Waals surface area contributed by atoms with Crippen LogP contribution in [-0.4, -0.2) is 25.0 Å². The third-order valence-electron chi connectivity index (χ3n) is 3.34. The van der Waals surface area contributed by atoms with Gasteiger partial charge in [-0.25, -0.2) is 0 Å². The average molecular weight is 276 g/mol. The molecule has 1 aliphatic heterocycles. The fourth-order valence-electron chi connectivity index (χ4n) is 2.15. The number of amides is 2. The molecule has 0 aromatic heterocycles. The standard InChI is InChI=1S/C15H20N2O3/c1-4-5-6-14(18)16-11-7-8-13-12(9-11)17(3)15(19)10(2)20-13/h7-10H,4-6H2,1-3H3,(H,16,18). The molecule has 1 aromatic carbocycles. The van der Waals surface area contributed by atoms with Gasteiger partial charge in [0.2, 0.25) is 5.91 Å². The summed E-state index contributed by atoms with van der Waals surface area (Å²) in [6.45, 7) is 3.77. The van der Waals surface area contributed by atoms with Gasteiger partial charge in [0, 0.05) is 19.2 Å². The van der Waals surface area contributed by atoms with Gasteiger partial charge in [-0.15, -0.1) is 0 Å². The van der Waals surface area contributed by atoms with Crippen LogP contribution in [0.2, 0.25) is 0 Å². The minimum absolute atomic E-state index is 0.00845. The number of hydrogen-bond donors (Lipinski definition) is 1. The van der Waals surface area contributed by atoms with Crippen LogP contribution in [0, 0.1) is 0 Å². The maximum atomic E-state index is 11.9. The lowest BCUT2D eigenvalue weighted by Crippen LogP contribution is -2.41. The van der Waals surface area contributed by atoms with Gasteiger partial charge >= 0.3 is 0 Å². The number of benzene rings is 1. The Hall–Kier alpha value is -2.04. The van der Waals surface area contributed by atoms with Crippen molar-refractivity contribution in [3.8, 4) is 5.75 Å². The number of nitrogens with zero attached hydrogens (tertiary/aromatic N) is 1. The van der Waals surface area contributed by atoms with Gasteiger partial charge in [-0.1, -0.05) is 13.3 Å². The van der Waals surface area contributed by atoms with Gasteiger partial charge in [0.1, 0.15) is 5.75 Å². The summed E-state index contributed by atoms with van der Waals surface area (Å²) in [6.07, 6.45) is 1.89. The third kappa shape index (κ3) is 2.92. The summed E-state index contributed by atoms with van der Waals surface area (Å²) in [5.41, 5.74) is 1.36. The minimum Gasteiger partial charge on any atom is -0.479 e. The molecule has 0 saturated carbocycles. The van der Waals surface area contributed by atoms with Crippen molar-refractivity contribution in [3.05, 3.63) is 18.2 Å². The molecule has 1 unspecified atom stereocenters. The van der Waals surface area contributed by atoms with Crippen molar-refractivity contribution in [3.63, 3.8) is 0 Å². The zero-order chi connectivity index (χ0) is 14.7. The molecule has 0 saturated heterocycles. The molecule has 0 bridgehead atoms. The first-order valence-electron chi connectivity index (χ1n) is 6.91. The molecular formula is C15H20N2O3. The zero-order valence-electron chi connectivity index (χ0n) is 12.1. The van der Waals surface area contributed by atoms with Crippen LogP contribution in [0.4, 0.5) is 11.4 Å². The van der Waals surface area contributed by atoms with Crippen molar-refractivity contribution in [2.75, 3.05) is 17.3 Å². The second kappa shape index (κ2) is 5.94. The lowest BCUT2D eigenvalue weighted by molar-refractivity contribution is -0.125. The maximum Gasteiger partial charge on any atom is 0.267 e. The third-order valence-corrected chi connectivity index (χ3v) is 3.34. The molecule has 2 amide bonds. The quantitative estimate of drug-likeness (QED) is 0.919. The van der Waals surface area contributed by atoms with Crippen molar-refractivity contribution >= 4 is 23.2 Å². The van der Waals surface area contributed by atoms with Crippen LogP contribution in [-0.2, 0) is 9.59 Å². The van der Waals surface area contributed by atoms with E-state index in [-0.39, 0.29) is 11.8 Å². The summed E-state index contributed by atoms with van der Waals surface area (Å²) in [6, 6.07) is 5.34. The predicted octanol–water partition coefficient (Wildman–Crippen LogP) is 2.56. The first kappa shape index (κ1) is 14.4. The lowest BCUT2D eigenvalue weighted by atomic mass is 10.1. The molecule has 1 aromatic rings. The number of nitrogens with one attached hydrogen (secondary N) is 1. The number of unbranched alkanes of at least 4 members (excludes halogenated alkanes) is 1. The molecule has 0 fully saturated rings. The Morgan fingerprint density at radius 1 is 1.45 bits per heavy atom. The molecule has 20 heavy (non-hydrogen) atoms. The number of carbonyl (C=O) groups is 2. The molecular weight excluding hydrogens is 256 g/mol. The molecule has 0 spiro atoms. The van der Waals surface area contributed by atoms with E-state index >= 15 is 0 Å². The smallest absolute Gasteiger partial charge is 0.267 e. The summed E-state index contributed by atoms with van der Waals surface area (Å²) in [4.78, 5) is 25.2. The van der Waals surface area contributed by atoms with Crippen LogP contribution in [0.5, 0.6) is 5.75 Å². The second-order valence-corrected chi connectivity index (χ2v) is 4.99. The Kier molecular flexibility index (Phi) is 4.27. The molecule has 1 N–H and O–H groups in total. The van der Waals surface area contributed by atoms with Gasteiger partial charge in [0.05, 0.1) is 5.69 Å². The predicted molar refractivity (Wildman–Crippen MR) is 78.1 cm³/mol. The zero-order valence-corrected chi connectivity index (χ0v) is 12.1. The van der Waals surface area contributed by atoms with E-state index in [9.17, 15) is 9.59 Å². The molecule has 0 radical (unpaired) electrons. The van der Waals surface area contributed by atoms with Gasteiger partial charge in [-0.05, 0) is 31.5 Å². The Balaban J connectivity index is 2.15. The summed E-state index contributed by atoms with van der Waals surface area (Å²) >= 11 is 0. The van der Waals surface area contributed by atoms with Gasteiger partial charge in [-0.3, -0.25) is 9.59 Å². The number of likely N-dealkylation sites (N-methyl/N-ethyl adjacent to an activating group) is 1. The number of anilines is 2. The van der Waals surface area contributed by atoms with E-state index in [4.69, 9.17) is 4.74 Å². The number of rotatable bonds is 4. The fourth-order valence-corrected chi connectivity index (χ4v) is 2.15. The molecule has 2 rings (SSSR count). The molecule has 1 aliphatic rings. The van der Waals surface area contributed by atoms with Crippen LogP contribution in [0.15, 0.2) is 18.2 Å². The monoisotopic (exact) mass is 276 g/mol. The Morgan fingerprint density at radius 3 is 2.90 bits per heavy atom. The highest BCUT2D eigenvalue weighted by molar-refractivity contribution is 6.00. The van der Waals surface area contributed by atoms with Gasteiger partial charge in [0.25, 0.3) is 5.91 Å². The second-order valence-electron chi connectivity index (χ2n) is 4.99. The Labute approximate surface area is 118 Å². The van der Waals surface area contributed by atoms with Gasteiger partial charge in [-0.2, -0.15) is 0 Å². The van der Waals surface area contributed by atoms with E-state index in [0.717, 1.165) is 12.8 Å². The highest BCUT2D eigenvalue weighted by Crippen LogP contribution is 2.35. The van der Waals surface area contributed by atoms with Crippen molar-refractivity contribution in [1.82, 2.24) is 0 Å². The Bertz CT molecular complexity index is 528. The van der Waals surface area contributed by atoms with E-state index in [1.165, 1.54) is 0 Å². The molecule has 5 nitrogen and oxygen atoms in total. The number of hydrogen-bond acceptors (Lipinski definition) is 3. The first-order chi connectivity index (χ1) is 9.52. The van der Waals surface area contributed by atoms with Crippen molar-refractivity contribution in [2.24, 2.45) is 0 Å². The number of fused-ring (bicyclic) bond motifs is 1. The Morgan fingerprint density at radius 2 is 2.20 bits per heavy atom. The van der Waals surface area contributed by atoms with Gasteiger partial charge < -0.3 is 15.0 Å². The summed E-state index contributed by atoms with van der Waals surface area (Å²) < 4.78 is 5.54. The van der Waals surface area contributed by atoms with Crippen LogP contribution in [0.3, 0.4) is 0 Å². The average Bonchev–Trinajstić information content (AvgIpc) is 2.43. The number of carbonyl (C=O) groups excluding carboxylic acids is 2. The first-order valence-corrected chi connectivity index (χ1v) is 6.91. The topological polar surface area (TPSA) is 58.6 Å². The molecule has 108 valence electrons. The normalized spacial score (nSPS) is 17.4. The van der Waals surface area contributed by atoms with Crippen LogP contribution >= 0.6 is 0 Å². The molecule has 5 heteroatoms. The SMILES string of the molecule is CCCCC(=O)Nc1ccc2c(c1)N(C)C(=O)C(C)O2. The fraction of sp³-hybridized carbons (Fsp3) is 0.467. The molecule has 1 atom stereocenters. The largest absolute Gasteiger partial charge is 0.479 e. The summed E-state index contributed by atoms with van der Waals surface area (Å²) in [5.74, 6) is 0.559. The molecule has 1 heterocycles. The van der Waals surface area contributed by atoms with E-state index in [2.05, 4.69) is 5.32 Å². The van der Waals surface area contributed by atoms with E-state index in [1.807, 2.05) is 6.92 Å². The highest BCUT2D eigenvalue weighted by Gasteiger charge is 2.28. The maximum absolute atomic E-state index is 11.9. The van der Waals surface area contributed by atoms with Crippen LogP contribution in [0.25, 0.3) is 0 Å². The van der Waals surface area contributed by atoms with Gasteiger partial charge in [0.15, 0.2) is 6.10 Å². The summed E-state index contributed by atoms with van der Waals surface area (Å²) in [7, 11) is 1.71. The molecule has 0 aliphatic carbocycles. The van der Waals surface area contributed by atoms with Crippen molar-refractivity contribution in [2.45, 2.75) is 39.2 Å².